The van der Waals surface area contributed by atoms with Gasteiger partial charge >= 0.3 is 0 Å². The van der Waals surface area contributed by atoms with Crippen LogP contribution in [0, 0.1) is 3.57 Å². The van der Waals surface area contributed by atoms with Gasteiger partial charge in [0.1, 0.15) is 5.75 Å². The van der Waals surface area contributed by atoms with Gasteiger partial charge in [-0.1, -0.05) is 0 Å². The van der Waals surface area contributed by atoms with E-state index in [0.717, 1.165) is 9.26 Å². The minimum Gasteiger partial charge on any atom is -0.505 e. The molecular weight excluding hydrogens is 264 g/mol. The average molecular weight is 269 g/mol. The highest BCUT2D eigenvalue weighted by Gasteiger charge is 1.98. The normalized spacial score (nSPS) is 9.80. The summed E-state index contributed by atoms with van der Waals surface area (Å²) in [5.74, 6) is 0.588. The lowest BCUT2D eigenvalue weighted by molar-refractivity contribution is 0.468. The third kappa shape index (κ3) is 1.73. The Bertz CT molecular complexity index is 241. The molecule has 0 atom stereocenters. The number of hydrogen-bond donors (Lipinski definition) is 1. The minimum atomic E-state index is 0.203. The van der Waals surface area contributed by atoms with Crippen LogP contribution in [0.2, 0.25) is 0 Å². The summed E-state index contributed by atoms with van der Waals surface area (Å²) in [6.45, 7) is 0. The molecule has 0 amide bonds. The number of halogens is 2. The lowest BCUT2D eigenvalue weighted by atomic mass is 10.4. The molecular formula is C6H5ClINO. The molecule has 1 aromatic heterocycles. The van der Waals surface area contributed by atoms with E-state index >= 15 is 0 Å². The standard InChI is InChI=1S/C6H5ClINO/c7-2-4-1-5(8)6(10)3-9-4/h1,3,10H,2H2. The Morgan fingerprint density at radius 2 is 2.40 bits per heavy atom. The molecule has 0 aromatic carbocycles. The monoisotopic (exact) mass is 269 g/mol. The summed E-state index contributed by atoms with van der Waals surface area (Å²) in [6.07, 6.45) is 1.40. The number of aromatic nitrogens is 1. The predicted molar refractivity (Wildman–Crippen MR) is 48.2 cm³/mol. The van der Waals surface area contributed by atoms with Crippen LogP contribution in [0.3, 0.4) is 0 Å². The largest absolute Gasteiger partial charge is 0.505 e. The van der Waals surface area contributed by atoms with Crippen LogP contribution >= 0.6 is 34.2 Å². The van der Waals surface area contributed by atoms with Crippen molar-refractivity contribution in [1.82, 2.24) is 4.98 Å². The van der Waals surface area contributed by atoms with Crippen LogP contribution in [-0.4, -0.2) is 10.1 Å². The summed E-state index contributed by atoms with van der Waals surface area (Å²) in [7, 11) is 0. The maximum Gasteiger partial charge on any atom is 0.147 e. The number of pyridine rings is 1. The van der Waals surface area contributed by atoms with Crippen molar-refractivity contribution in [3.8, 4) is 5.75 Å². The Kier molecular flexibility index (Phi) is 2.73. The van der Waals surface area contributed by atoms with Gasteiger partial charge in [-0.3, -0.25) is 4.98 Å². The Morgan fingerprint density at radius 3 is 2.90 bits per heavy atom. The highest BCUT2D eigenvalue weighted by molar-refractivity contribution is 14.1. The molecule has 1 N–H and O–H groups in total. The molecule has 1 heterocycles. The number of rotatable bonds is 1. The fraction of sp³-hybridized carbons (Fsp3) is 0.167. The van der Waals surface area contributed by atoms with Crippen LogP contribution in [0.1, 0.15) is 5.69 Å². The van der Waals surface area contributed by atoms with Gasteiger partial charge in [0.15, 0.2) is 0 Å². The van der Waals surface area contributed by atoms with E-state index in [0.29, 0.717) is 5.88 Å². The SMILES string of the molecule is Oc1cnc(CCl)cc1I. The van der Waals surface area contributed by atoms with Crippen LogP contribution in [0.5, 0.6) is 5.75 Å². The van der Waals surface area contributed by atoms with Gasteiger partial charge in [0.05, 0.1) is 21.3 Å². The van der Waals surface area contributed by atoms with E-state index < -0.39 is 0 Å². The average Bonchev–Trinajstić information content (AvgIpc) is 1.95. The van der Waals surface area contributed by atoms with Gasteiger partial charge < -0.3 is 5.11 Å². The van der Waals surface area contributed by atoms with Gasteiger partial charge in [-0.25, -0.2) is 0 Å². The first kappa shape index (κ1) is 8.07. The third-order valence-electron chi connectivity index (χ3n) is 1.03. The zero-order valence-corrected chi connectivity index (χ0v) is 7.93. The molecule has 4 heteroatoms. The Morgan fingerprint density at radius 1 is 1.70 bits per heavy atom. The Balaban J connectivity index is 3.04. The Hall–Kier alpha value is -0.0300. The van der Waals surface area contributed by atoms with Crippen LogP contribution in [0.25, 0.3) is 0 Å². The first-order valence-corrected chi connectivity index (χ1v) is 4.24. The molecule has 0 bridgehead atoms. The first-order valence-electron chi connectivity index (χ1n) is 2.63. The van der Waals surface area contributed by atoms with Crippen molar-refractivity contribution in [3.05, 3.63) is 21.5 Å². The molecule has 0 saturated carbocycles. The van der Waals surface area contributed by atoms with E-state index in [9.17, 15) is 0 Å². The molecule has 0 spiro atoms. The molecule has 1 rings (SSSR count). The summed E-state index contributed by atoms with van der Waals surface area (Å²) >= 11 is 7.53. The van der Waals surface area contributed by atoms with Crippen molar-refractivity contribution in [3.63, 3.8) is 0 Å². The molecule has 54 valence electrons. The lowest BCUT2D eigenvalue weighted by Crippen LogP contribution is -1.85. The van der Waals surface area contributed by atoms with Crippen molar-refractivity contribution in [2.24, 2.45) is 0 Å². The summed E-state index contributed by atoms with van der Waals surface area (Å²) < 4.78 is 0.781. The second kappa shape index (κ2) is 3.39. The van der Waals surface area contributed by atoms with Gasteiger partial charge in [-0.15, -0.1) is 11.6 Å². The van der Waals surface area contributed by atoms with Gasteiger partial charge in [0.25, 0.3) is 0 Å². The molecule has 0 aliphatic rings. The summed E-state index contributed by atoms with van der Waals surface area (Å²) in [6, 6.07) is 1.75. The van der Waals surface area contributed by atoms with Crippen LogP contribution in [-0.2, 0) is 5.88 Å². The fourth-order valence-corrected chi connectivity index (χ4v) is 1.18. The zero-order chi connectivity index (χ0) is 7.56. The minimum absolute atomic E-state index is 0.203. The number of aromatic hydroxyl groups is 1. The summed E-state index contributed by atoms with van der Waals surface area (Å²) in [5.41, 5.74) is 0.781. The number of hydrogen-bond acceptors (Lipinski definition) is 2. The van der Waals surface area contributed by atoms with E-state index in [1.807, 2.05) is 22.6 Å². The lowest BCUT2D eigenvalue weighted by Gasteiger charge is -1.96. The fourth-order valence-electron chi connectivity index (χ4n) is 0.536. The van der Waals surface area contributed by atoms with Crippen LogP contribution < -0.4 is 0 Å². The highest BCUT2D eigenvalue weighted by Crippen LogP contribution is 2.18. The molecule has 0 radical (unpaired) electrons. The maximum absolute atomic E-state index is 9.03. The van der Waals surface area contributed by atoms with Crippen LogP contribution in [0.15, 0.2) is 12.3 Å². The van der Waals surface area contributed by atoms with E-state index in [4.69, 9.17) is 16.7 Å². The van der Waals surface area contributed by atoms with E-state index in [1.165, 1.54) is 6.20 Å². The molecule has 1 aromatic rings. The zero-order valence-electron chi connectivity index (χ0n) is 5.01. The van der Waals surface area contributed by atoms with Gasteiger partial charge in [0.2, 0.25) is 0 Å². The molecule has 0 fully saturated rings. The smallest absolute Gasteiger partial charge is 0.147 e. The van der Waals surface area contributed by atoms with Crippen molar-refractivity contribution >= 4 is 34.2 Å². The van der Waals surface area contributed by atoms with Crippen molar-refractivity contribution in [2.45, 2.75) is 5.88 Å². The highest BCUT2D eigenvalue weighted by atomic mass is 127. The van der Waals surface area contributed by atoms with Crippen molar-refractivity contribution < 1.29 is 5.11 Å². The molecule has 0 saturated heterocycles. The van der Waals surface area contributed by atoms with Gasteiger partial charge in [-0.2, -0.15) is 0 Å². The van der Waals surface area contributed by atoms with Crippen molar-refractivity contribution in [1.29, 1.82) is 0 Å². The molecule has 0 unspecified atom stereocenters. The maximum atomic E-state index is 9.03. The van der Waals surface area contributed by atoms with E-state index in [-0.39, 0.29) is 5.75 Å². The second-order valence-corrected chi connectivity index (χ2v) is 3.19. The van der Waals surface area contributed by atoms with Gasteiger partial charge in [0, 0.05) is 0 Å². The number of nitrogens with zero attached hydrogens (tertiary/aromatic N) is 1. The summed E-state index contributed by atoms with van der Waals surface area (Å²) in [5, 5.41) is 9.03. The topological polar surface area (TPSA) is 33.1 Å². The van der Waals surface area contributed by atoms with E-state index in [1.54, 1.807) is 6.07 Å². The quantitative estimate of drug-likeness (QED) is 0.626. The first-order chi connectivity index (χ1) is 4.74. The number of alkyl halides is 1. The Labute approximate surface area is 77.4 Å². The van der Waals surface area contributed by atoms with Crippen LogP contribution in [0.4, 0.5) is 0 Å². The second-order valence-electron chi connectivity index (χ2n) is 1.76. The van der Waals surface area contributed by atoms with Gasteiger partial charge in [-0.05, 0) is 28.7 Å². The molecule has 2 nitrogen and oxygen atoms in total. The molecule has 10 heavy (non-hydrogen) atoms. The molecule has 0 aliphatic carbocycles. The molecule has 0 aliphatic heterocycles. The van der Waals surface area contributed by atoms with E-state index in [2.05, 4.69) is 4.98 Å². The third-order valence-corrected chi connectivity index (χ3v) is 2.17. The summed E-state index contributed by atoms with van der Waals surface area (Å²) in [4.78, 5) is 3.87. The predicted octanol–water partition coefficient (Wildman–Crippen LogP) is 2.13. The van der Waals surface area contributed by atoms with Crippen molar-refractivity contribution in [2.75, 3.05) is 0 Å².